The molecule has 0 aromatic heterocycles. The van der Waals surface area contributed by atoms with Crippen LogP contribution in [0, 0.1) is 5.82 Å². The van der Waals surface area contributed by atoms with Crippen molar-refractivity contribution in [1.82, 2.24) is 0 Å². The number of carbonyl (C=O) groups is 2. The summed E-state index contributed by atoms with van der Waals surface area (Å²) in [5.41, 5.74) is 0.434. The van der Waals surface area contributed by atoms with Crippen LogP contribution in [0.25, 0.3) is 0 Å². The fourth-order valence-corrected chi connectivity index (χ4v) is 2.27. The molecule has 1 saturated heterocycles. The monoisotopic (exact) mass is 239 g/mol. The number of benzene rings is 1. The first-order valence-corrected chi connectivity index (χ1v) is 5.88. The van der Waals surface area contributed by atoms with E-state index in [4.69, 9.17) is 0 Å². The van der Waals surface area contributed by atoms with E-state index in [1.165, 1.54) is 36.0 Å². The minimum atomic E-state index is -0.386. The Labute approximate surface area is 96.6 Å². The van der Waals surface area contributed by atoms with Gasteiger partial charge in [0.25, 0.3) is 0 Å². The van der Waals surface area contributed by atoms with Crippen molar-refractivity contribution in [3.05, 3.63) is 30.1 Å². The van der Waals surface area contributed by atoms with Crippen LogP contribution in [0.3, 0.4) is 0 Å². The van der Waals surface area contributed by atoms with Gasteiger partial charge in [-0.1, -0.05) is 0 Å². The van der Waals surface area contributed by atoms with Gasteiger partial charge in [0.05, 0.1) is 16.7 Å². The molecule has 1 aliphatic heterocycles. The number of carbonyl (C=O) groups excluding carboxylic acids is 2. The summed E-state index contributed by atoms with van der Waals surface area (Å²) < 4.78 is 12.7. The zero-order valence-electron chi connectivity index (χ0n) is 8.64. The lowest BCUT2D eigenvalue weighted by Crippen LogP contribution is -2.46. The summed E-state index contributed by atoms with van der Waals surface area (Å²) in [6.45, 7) is 1.76. The molecule has 0 aliphatic carbocycles. The van der Waals surface area contributed by atoms with Gasteiger partial charge in [-0.15, -0.1) is 11.8 Å². The lowest BCUT2D eigenvalue weighted by molar-refractivity contribution is -0.125. The number of amides is 2. The Morgan fingerprint density at radius 1 is 1.31 bits per heavy atom. The Morgan fingerprint density at radius 2 is 1.94 bits per heavy atom. The molecule has 1 atom stereocenters. The maximum atomic E-state index is 12.7. The topological polar surface area (TPSA) is 37.4 Å². The van der Waals surface area contributed by atoms with Gasteiger partial charge in [0, 0.05) is 0 Å². The zero-order valence-corrected chi connectivity index (χ0v) is 9.46. The predicted molar refractivity (Wildman–Crippen MR) is 60.8 cm³/mol. The van der Waals surface area contributed by atoms with Crippen molar-refractivity contribution in [2.75, 3.05) is 10.7 Å². The zero-order chi connectivity index (χ0) is 11.7. The molecule has 1 aromatic rings. The number of rotatable bonds is 1. The summed E-state index contributed by atoms with van der Waals surface area (Å²) >= 11 is 1.32. The average molecular weight is 239 g/mol. The molecule has 3 nitrogen and oxygen atoms in total. The molecule has 84 valence electrons. The number of nitrogens with zero attached hydrogens (tertiary/aromatic N) is 1. The summed E-state index contributed by atoms with van der Waals surface area (Å²) in [4.78, 5) is 24.6. The van der Waals surface area contributed by atoms with Crippen LogP contribution in [0.15, 0.2) is 24.3 Å². The number of halogens is 1. The van der Waals surface area contributed by atoms with E-state index in [-0.39, 0.29) is 28.6 Å². The number of hydrogen-bond donors (Lipinski definition) is 0. The standard InChI is InChI=1S/C11H10FNO2S/c1-7-11(15)13(10(14)6-16-7)9-4-2-8(12)3-5-9/h2-5,7H,6H2,1H3/t7-/m1/s1. The second kappa shape index (κ2) is 4.25. The maximum Gasteiger partial charge on any atom is 0.246 e. The van der Waals surface area contributed by atoms with Crippen molar-refractivity contribution in [2.45, 2.75) is 12.2 Å². The van der Waals surface area contributed by atoms with Crippen LogP contribution >= 0.6 is 11.8 Å². The minimum Gasteiger partial charge on any atom is -0.273 e. The molecular weight excluding hydrogens is 229 g/mol. The van der Waals surface area contributed by atoms with E-state index < -0.39 is 0 Å². The lowest BCUT2D eigenvalue weighted by Gasteiger charge is -2.28. The molecule has 16 heavy (non-hydrogen) atoms. The second-order valence-electron chi connectivity index (χ2n) is 3.50. The van der Waals surface area contributed by atoms with Crippen LogP contribution in [0.4, 0.5) is 10.1 Å². The van der Waals surface area contributed by atoms with Crippen LogP contribution in [-0.2, 0) is 9.59 Å². The van der Waals surface area contributed by atoms with Crippen LogP contribution < -0.4 is 4.90 Å². The molecule has 2 rings (SSSR count). The summed E-state index contributed by atoms with van der Waals surface area (Å²) in [7, 11) is 0. The Balaban J connectivity index is 2.34. The van der Waals surface area contributed by atoms with Crippen molar-refractivity contribution in [2.24, 2.45) is 0 Å². The van der Waals surface area contributed by atoms with Crippen molar-refractivity contribution in [3.8, 4) is 0 Å². The van der Waals surface area contributed by atoms with E-state index in [1.807, 2.05) is 0 Å². The molecule has 2 amide bonds. The number of hydrogen-bond acceptors (Lipinski definition) is 3. The molecule has 0 N–H and O–H groups in total. The first-order valence-electron chi connectivity index (χ1n) is 4.83. The van der Waals surface area contributed by atoms with Crippen molar-refractivity contribution in [1.29, 1.82) is 0 Å². The predicted octanol–water partition coefficient (Wildman–Crippen LogP) is 1.82. The largest absolute Gasteiger partial charge is 0.273 e. The Kier molecular flexibility index (Phi) is 2.96. The summed E-state index contributed by atoms with van der Waals surface area (Å²) in [6, 6.07) is 5.35. The molecule has 0 saturated carbocycles. The molecule has 0 spiro atoms. The highest BCUT2D eigenvalue weighted by molar-refractivity contribution is 8.01. The van der Waals surface area contributed by atoms with E-state index in [9.17, 15) is 14.0 Å². The maximum absolute atomic E-state index is 12.7. The normalized spacial score (nSPS) is 21.4. The molecule has 0 bridgehead atoms. The highest BCUT2D eigenvalue weighted by atomic mass is 32.2. The van der Waals surface area contributed by atoms with Gasteiger partial charge in [-0.05, 0) is 31.2 Å². The van der Waals surface area contributed by atoms with Crippen molar-refractivity contribution >= 4 is 29.3 Å². The first kappa shape index (κ1) is 11.1. The van der Waals surface area contributed by atoms with Crippen molar-refractivity contribution < 1.29 is 14.0 Å². The second-order valence-corrected chi connectivity index (χ2v) is 4.83. The number of imide groups is 1. The third-order valence-electron chi connectivity index (χ3n) is 2.36. The SMILES string of the molecule is C[C@H]1SCC(=O)N(c2ccc(F)cc2)C1=O. The summed E-state index contributed by atoms with van der Waals surface area (Å²) in [6.07, 6.45) is 0. The first-order chi connectivity index (χ1) is 7.59. The van der Waals surface area contributed by atoms with Gasteiger partial charge in [0.2, 0.25) is 11.8 Å². The van der Waals surface area contributed by atoms with Crippen LogP contribution in [0.5, 0.6) is 0 Å². The van der Waals surface area contributed by atoms with Gasteiger partial charge in [-0.3, -0.25) is 9.59 Å². The average Bonchev–Trinajstić information content (AvgIpc) is 2.27. The number of thioether (sulfide) groups is 1. The third-order valence-corrected chi connectivity index (χ3v) is 3.47. The Bertz CT molecular complexity index is 432. The minimum absolute atomic E-state index is 0.234. The highest BCUT2D eigenvalue weighted by Gasteiger charge is 2.33. The highest BCUT2D eigenvalue weighted by Crippen LogP contribution is 2.25. The molecule has 0 radical (unpaired) electrons. The van der Waals surface area contributed by atoms with Crippen LogP contribution in [0.2, 0.25) is 0 Å². The van der Waals surface area contributed by atoms with Gasteiger partial charge in [0.15, 0.2) is 0 Å². The van der Waals surface area contributed by atoms with Crippen LogP contribution in [-0.4, -0.2) is 22.8 Å². The molecular formula is C11H10FNO2S. The van der Waals surface area contributed by atoms with Gasteiger partial charge >= 0.3 is 0 Å². The van der Waals surface area contributed by atoms with Gasteiger partial charge < -0.3 is 0 Å². The third kappa shape index (κ3) is 1.95. The molecule has 1 fully saturated rings. The smallest absolute Gasteiger partial charge is 0.246 e. The van der Waals surface area contributed by atoms with Gasteiger partial charge in [-0.25, -0.2) is 9.29 Å². The summed E-state index contributed by atoms with van der Waals surface area (Å²) in [5, 5.41) is -0.234. The van der Waals surface area contributed by atoms with Gasteiger partial charge in [0.1, 0.15) is 5.82 Å². The van der Waals surface area contributed by atoms with Gasteiger partial charge in [-0.2, -0.15) is 0 Å². The number of anilines is 1. The van der Waals surface area contributed by atoms with E-state index in [1.54, 1.807) is 6.92 Å². The fourth-order valence-electron chi connectivity index (χ4n) is 1.50. The molecule has 1 heterocycles. The fraction of sp³-hybridized carbons (Fsp3) is 0.273. The molecule has 5 heteroatoms. The Hall–Kier alpha value is -1.36. The van der Waals surface area contributed by atoms with E-state index in [0.29, 0.717) is 5.69 Å². The van der Waals surface area contributed by atoms with E-state index in [0.717, 1.165) is 4.90 Å². The molecule has 1 aromatic carbocycles. The quantitative estimate of drug-likeness (QED) is 0.701. The summed E-state index contributed by atoms with van der Waals surface area (Å²) in [5.74, 6) is -0.597. The molecule has 0 unspecified atom stereocenters. The lowest BCUT2D eigenvalue weighted by atomic mass is 10.2. The van der Waals surface area contributed by atoms with Crippen molar-refractivity contribution in [3.63, 3.8) is 0 Å². The van der Waals surface area contributed by atoms with Crippen LogP contribution in [0.1, 0.15) is 6.92 Å². The van der Waals surface area contributed by atoms with E-state index in [2.05, 4.69) is 0 Å². The van der Waals surface area contributed by atoms with E-state index >= 15 is 0 Å². The molecule has 1 aliphatic rings. The Morgan fingerprint density at radius 3 is 2.56 bits per heavy atom.